The molecule has 0 saturated carbocycles. The van der Waals surface area contributed by atoms with Crippen LogP contribution in [0.3, 0.4) is 0 Å². The number of carbonyl (C=O) groups is 1. The number of amides is 1. The Morgan fingerprint density at radius 3 is 2.64 bits per heavy atom. The van der Waals surface area contributed by atoms with Crippen molar-refractivity contribution < 1.29 is 14.6 Å². The van der Waals surface area contributed by atoms with E-state index in [1.807, 2.05) is 25.7 Å². The summed E-state index contributed by atoms with van der Waals surface area (Å²) in [6, 6.07) is 3.25. The topological polar surface area (TPSA) is 126 Å². The molecule has 2 rings (SSSR count). The molecule has 0 radical (unpaired) electrons. The number of aliphatic hydroxyl groups excluding tert-OH is 1. The van der Waals surface area contributed by atoms with E-state index >= 15 is 0 Å². The molecule has 0 aromatic heterocycles. The predicted molar refractivity (Wildman–Crippen MR) is 95.9 cm³/mol. The number of hydrogen-bond acceptors (Lipinski definition) is 6. The van der Waals surface area contributed by atoms with Crippen LogP contribution in [-0.2, 0) is 5.41 Å². The molecular weight excluding hydrogens is 344 g/mol. The van der Waals surface area contributed by atoms with E-state index in [1.165, 1.54) is 6.07 Å². The first kappa shape index (κ1) is 19.3. The Kier molecular flexibility index (Phi) is 5.47. The molecule has 2 atom stereocenters. The van der Waals surface area contributed by atoms with Crippen LogP contribution < -0.4 is 21.1 Å². The fourth-order valence-electron chi connectivity index (χ4n) is 3.10. The largest absolute Gasteiger partial charge is 0.410 e. The van der Waals surface area contributed by atoms with Gasteiger partial charge in [0, 0.05) is 30.8 Å². The zero-order chi connectivity index (χ0) is 18.9. The molecule has 5 N–H and O–H groups in total. The molecule has 8 heteroatoms. The monoisotopic (exact) mass is 366 g/mol. The van der Waals surface area contributed by atoms with Crippen LogP contribution in [0, 0.1) is 11.3 Å². The Balaban J connectivity index is 2.69. The van der Waals surface area contributed by atoms with Gasteiger partial charge in [-0.2, -0.15) is 5.26 Å². The average Bonchev–Trinajstić information content (AvgIpc) is 2.50. The molecule has 1 amide bonds. The van der Waals surface area contributed by atoms with Crippen molar-refractivity contribution in [3.63, 3.8) is 0 Å². The number of anilines is 1. The lowest BCUT2D eigenvalue weighted by atomic mass is 9.81. The number of piperidine rings is 1. The van der Waals surface area contributed by atoms with Crippen LogP contribution in [0.25, 0.3) is 0 Å². The summed E-state index contributed by atoms with van der Waals surface area (Å²) in [7, 11) is 0. The van der Waals surface area contributed by atoms with Gasteiger partial charge in [0.15, 0.2) is 5.75 Å². The third-order valence-electron chi connectivity index (χ3n) is 4.24. The molecule has 1 aromatic rings. The molecule has 7 nitrogen and oxygen atoms in total. The number of nitrogens with zero attached hydrogens (tertiary/aromatic N) is 2. The molecule has 1 aliphatic rings. The van der Waals surface area contributed by atoms with E-state index in [2.05, 4.69) is 6.07 Å². The predicted octanol–water partition coefficient (Wildman–Crippen LogP) is 1.86. The van der Waals surface area contributed by atoms with Crippen molar-refractivity contribution in [2.75, 3.05) is 18.0 Å². The summed E-state index contributed by atoms with van der Waals surface area (Å²) in [5.41, 5.74) is 12.2. The van der Waals surface area contributed by atoms with Gasteiger partial charge in [0.25, 0.3) is 0 Å². The zero-order valence-corrected chi connectivity index (χ0v) is 15.3. The maximum Gasteiger partial charge on any atom is 0.410 e. The summed E-state index contributed by atoms with van der Waals surface area (Å²) in [5, 5.41) is 19.9. The van der Waals surface area contributed by atoms with E-state index in [0.717, 1.165) is 5.56 Å². The van der Waals surface area contributed by atoms with Crippen LogP contribution in [0.15, 0.2) is 6.07 Å². The quantitative estimate of drug-likeness (QED) is 0.733. The fraction of sp³-hybridized carbons (Fsp3) is 0.529. The smallest absolute Gasteiger partial charge is 0.409 e. The maximum absolute atomic E-state index is 11.2. The van der Waals surface area contributed by atoms with E-state index in [0.29, 0.717) is 24.2 Å². The van der Waals surface area contributed by atoms with Crippen molar-refractivity contribution in [1.82, 2.24) is 0 Å². The lowest BCUT2D eigenvalue weighted by Crippen LogP contribution is -2.51. The molecule has 136 valence electrons. The SMILES string of the molecule is CC(C)(C)c1c(C#N)cc(OC(N)=O)c(Cl)c1N1CC[C@@H](N)[C@H](O)C1. The molecule has 1 fully saturated rings. The number of rotatable bonds is 2. The summed E-state index contributed by atoms with van der Waals surface area (Å²) in [4.78, 5) is 13.1. The van der Waals surface area contributed by atoms with Crippen molar-refractivity contribution in [3.8, 4) is 11.8 Å². The standard InChI is InChI=1S/C17H23ClN4O3/c1-17(2,3)13-9(7-19)6-12(25-16(21)24)14(18)15(13)22-5-4-10(20)11(23)8-22/h6,10-11,23H,4-5,8,20H2,1-3H3,(H2,21,24)/t10-,11-/m1/s1. The minimum atomic E-state index is -1.01. The molecule has 0 aliphatic carbocycles. The molecule has 25 heavy (non-hydrogen) atoms. The van der Waals surface area contributed by atoms with Gasteiger partial charge >= 0.3 is 6.09 Å². The van der Waals surface area contributed by atoms with Crippen molar-refractivity contribution in [3.05, 3.63) is 22.2 Å². The van der Waals surface area contributed by atoms with Crippen LogP contribution in [0.4, 0.5) is 10.5 Å². The molecule has 1 aliphatic heterocycles. The Morgan fingerprint density at radius 1 is 1.52 bits per heavy atom. The first-order chi connectivity index (χ1) is 11.6. The summed E-state index contributed by atoms with van der Waals surface area (Å²) >= 11 is 6.51. The number of nitriles is 1. The minimum absolute atomic E-state index is 0.0260. The number of ether oxygens (including phenoxy) is 1. The lowest BCUT2D eigenvalue weighted by molar-refractivity contribution is 0.132. The highest BCUT2D eigenvalue weighted by Crippen LogP contribution is 2.45. The highest BCUT2D eigenvalue weighted by Gasteiger charge is 2.33. The van der Waals surface area contributed by atoms with Crippen LogP contribution >= 0.6 is 11.6 Å². The molecule has 0 unspecified atom stereocenters. The third-order valence-corrected chi connectivity index (χ3v) is 4.60. The van der Waals surface area contributed by atoms with Gasteiger partial charge in [0.2, 0.25) is 0 Å². The minimum Gasteiger partial charge on any atom is -0.409 e. The van der Waals surface area contributed by atoms with Crippen LogP contribution in [0.1, 0.15) is 38.3 Å². The normalized spacial score (nSPS) is 20.9. The summed E-state index contributed by atoms with van der Waals surface area (Å²) in [5.74, 6) is 0.0260. The van der Waals surface area contributed by atoms with Crippen molar-refractivity contribution in [2.24, 2.45) is 11.5 Å². The van der Waals surface area contributed by atoms with Gasteiger partial charge in [-0.25, -0.2) is 4.79 Å². The van der Waals surface area contributed by atoms with E-state index in [9.17, 15) is 15.2 Å². The second-order valence-corrected chi connectivity index (χ2v) is 7.59. The van der Waals surface area contributed by atoms with Crippen LogP contribution in [0.2, 0.25) is 5.02 Å². The summed E-state index contributed by atoms with van der Waals surface area (Å²) < 4.78 is 4.98. The van der Waals surface area contributed by atoms with Gasteiger partial charge in [-0.3, -0.25) is 0 Å². The van der Waals surface area contributed by atoms with Gasteiger partial charge in [-0.15, -0.1) is 0 Å². The van der Waals surface area contributed by atoms with Crippen molar-refractivity contribution in [1.29, 1.82) is 5.26 Å². The number of carbonyl (C=O) groups excluding carboxylic acids is 1. The lowest BCUT2D eigenvalue weighted by Gasteiger charge is -2.39. The fourth-order valence-corrected chi connectivity index (χ4v) is 3.41. The first-order valence-electron chi connectivity index (χ1n) is 7.99. The number of benzene rings is 1. The van der Waals surface area contributed by atoms with Crippen LogP contribution in [-0.4, -0.2) is 36.4 Å². The Bertz CT molecular complexity index is 724. The zero-order valence-electron chi connectivity index (χ0n) is 14.5. The van der Waals surface area contributed by atoms with Gasteiger partial charge in [0.05, 0.1) is 23.4 Å². The Morgan fingerprint density at radius 2 is 2.16 bits per heavy atom. The van der Waals surface area contributed by atoms with Gasteiger partial charge in [-0.05, 0) is 11.8 Å². The average molecular weight is 367 g/mol. The molecule has 0 spiro atoms. The molecule has 0 bridgehead atoms. The molecular formula is C17H23ClN4O3. The second-order valence-electron chi connectivity index (χ2n) is 7.21. The van der Waals surface area contributed by atoms with Crippen molar-refractivity contribution in [2.45, 2.75) is 44.8 Å². The Labute approximate surface area is 152 Å². The van der Waals surface area contributed by atoms with E-state index in [1.54, 1.807) is 0 Å². The Hall–Kier alpha value is -2.01. The molecule has 1 aromatic carbocycles. The second kappa shape index (κ2) is 7.08. The number of β-amino-alcohol motifs (C(OH)–C–C–N with tert-alkyl or cyclic N) is 1. The highest BCUT2D eigenvalue weighted by molar-refractivity contribution is 6.35. The van der Waals surface area contributed by atoms with E-state index < -0.39 is 17.6 Å². The molecule has 1 saturated heterocycles. The van der Waals surface area contributed by atoms with Crippen LogP contribution in [0.5, 0.6) is 5.75 Å². The highest BCUT2D eigenvalue weighted by atomic mass is 35.5. The number of aliphatic hydroxyl groups is 1. The van der Waals surface area contributed by atoms with Crippen molar-refractivity contribution >= 4 is 23.4 Å². The number of halogens is 1. The number of hydrogen-bond donors (Lipinski definition) is 3. The van der Waals surface area contributed by atoms with Gasteiger partial charge < -0.3 is 26.2 Å². The maximum atomic E-state index is 11.2. The summed E-state index contributed by atoms with van der Waals surface area (Å²) in [6.45, 7) is 6.72. The molecule has 1 heterocycles. The first-order valence-corrected chi connectivity index (χ1v) is 8.37. The van der Waals surface area contributed by atoms with Gasteiger partial charge in [0.1, 0.15) is 5.02 Å². The summed E-state index contributed by atoms with van der Waals surface area (Å²) in [6.07, 6.45) is -1.16. The van der Waals surface area contributed by atoms with E-state index in [-0.39, 0.29) is 23.4 Å². The van der Waals surface area contributed by atoms with E-state index in [4.69, 9.17) is 27.8 Å². The third kappa shape index (κ3) is 3.98. The van der Waals surface area contributed by atoms with Gasteiger partial charge in [-0.1, -0.05) is 32.4 Å². The number of nitrogens with two attached hydrogens (primary N) is 2. The number of primary amides is 1.